The highest BCUT2D eigenvalue weighted by molar-refractivity contribution is 5.52. The normalized spacial score (nSPS) is 17.6. The quantitative estimate of drug-likeness (QED) is 0.814. The summed E-state index contributed by atoms with van der Waals surface area (Å²) in [6, 6.07) is 2.89. The van der Waals surface area contributed by atoms with Gasteiger partial charge in [-0.05, 0) is 37.1 Å². The van der Waals surface area contributed by atoms with Crippen molar-refractivity contribution < 1.29 is 23.0 Å². The van der Waals surface area contributed by atoms with E-state index in [2.05, 4.69) is 0 Å². The summed E-state index contributed by atoms with van der Waals surface area (Å²) in [5, 5.41) is 10.1. The molecule has 6 heteroatoms. The fourth-order valence-electron chi connectivity index (χ4n) is 1.91. The van der Waals surface area contributed by atoms with Gasteiger partial charge < -0.3 is 15.6 Å². The fourth-order valence-corrected chi connectivity index (χ4v) is 1.91. The summed E-state index contributed by atoms with van der Waals surface area (Å²) in [7, 11) is 0. The molecule has 0 bridgehead atoms. The molecule has 0 saturated heterocycles. The molecule has 0 aliphatic carbocycles. The Labute approximate surface area is 108 Å². The second kappa shape index (κ2) is 5.13. The minimum absolute atomic E-state index is 0.0166. The molecule has 0 fully saturated rings. The Kier molecular flexibility index (Phi) is 3.71. The number of hydrogen-bond donors (Lipinski definition) is 2. The lowest BCUT2D eigenvalue weighted by Crippen LogP contribution is -2.13. The van der Waals surface area contributed by atoms with Crippen molar-refractivity contribution in [2.75, 3.05) is 12.3 Å². The molecule has 1 aromatic carbocycles. The van der Waals surface area contributed by atoms with E-state index in [0.29, 0.717) is 6.61 Å². The Bertz CT molecular complexity index is 497. The molecule has 0 radical (unpaired) electrons. The second-order valence-electron chi connectivity index (χ2n) is 4.34. The first-order valence-electron chi connectivity index (χ1n) is 5.87. The number of alkyl halides is 3. The van der Waals surface area contributed by atoms with Crippen molar-refractivity contribution in [1.82, 2.24) is 0 Å². The van der Waals surface area contributed by atoms with E-state index in [9.17, 15) is 18.3 Å². The Morgan fingerprint density at radius 3 is 2.63 bits per heavy atom. The van der Waals surface area contributed by atoms with Gasteiger partial charge in [-0.15, -0.1) is 0 Å². The van der Waals surface area contributed by atoms with Crippen LogP contribution in [0.5, 0.6) is 0 Å². The van der Waals surface area contributed by atoms with Crippen LogP contribution in [0.1, 0.15) is 30.1 Å². The van der Waals surface area contributed by atoms with Crippen molar-refractivity contribution in [3.63, 3.8) is 0 Å². The van der Waals surface area contributed by atoms with Crippen LogP contribution in [0.15, 0.2) is 30.0 Å². The Morgan fingerprint density at radius 2 is 2.05 bits per heavy atom. The van der Waals surface area contributed by atoms with Gasteiger partial charge >= 0.3 is 6.18 Å². The summed E-state index contributed by atoms with van der Waals surface area (Å²) >= 11 is 0. The first kappa shape index (κ1) is 13.7. The number of aliphatic hydroxyl groups is 1. The number of nitrogen functional groups attached to an aromatic ring is 1. The van der Waals surface area contributed by atoms with Gasteiger partial charge in [0.1, 0.15) is 11.9 Å². The second-order valence-corrected chi connectivity index (χ2v) is 4.34. The molecule has 19 heavy (non-hydrogen) atoms. The molecule has 1 atom stereocenters. The lowest BCUT2D eigenvalue weighted by atomic mass is 10.0. The molecular formula is C13H14F3NO2. The molecule has 0 aromatic heterocycles. The molecule has 1 aliphatic rings. The summed E-state index contributed by atoms with van der Waals surface area (Å²) in [5.74, 6) is 0.261. The molecule has 0 saturated carbocycles. The van der Waals surface area contributed by atoms with E-state index in [1.54, 1.807) is 6.08 Å². The highest BCUT2D eigenvalue weighted by Crippen LogP contribution is 2.35. The van der Waals surface area contributed by atoms with Crippen LogP contribution in [0, 0.1) is 0 Å². The van der Waals surface area contributed by atoms with Gasteiger partial charge in [-0.2, -0.15) is 13.2 Å². The molecule has 2 rings (SSSR count). The first-order valence-corrected chi connectivity index (χ1v) is 5.87. The third-order valence-electron chi connectivity index (χ3n) is 2.94. The predicted octanol–water partition coefficient (Wildman–Crippen LogP) is 3.02. The Morgan fingerprint density at radius 1 is 1.32 bits per heavy atom. The summed E-state index contributed by atoms with van der Waals surface area (Å²) < 4.78 is 43.2. The monoisotopic (exact) mass is 273 g/mol. The lowest BCUT2D eigenvalue weighted by Gasteiger charge is -2.21. The number of hydrogen-bond acceptors (Lipinski definition) is 3. The maximum atomic E-state index is 12.6. The van der Waals surface area contributed by atoms with Gasteiger partial charge in [0.2, 0.25) is 0 Å². The average Bonchev–Trinajstić information content (AvgIpc) is 2.38. The maximum absolute atomic E-state index is 12.6. The number of aliphatic hydroxyl groups excluding tert-OH is 1. The number of rotatable bonds is 2. The summed E-state index contributed by atoms with van der Waals surface area (Å²) in [5.41, 5.74) is 4.91. The van der Waals surface area contributed by atoms with Crippen molar-refractivity contribution in [1.29, 1.82) is 0 Å². The zero-order valence-corrected chi connectivity index (χ0v) is 10.1. The van der Waals surface area contributed by atoms with Gasteiger partial charge in [-0.25, -0.2) is 0 Å². The number of ether oxygens (including phenoxy) is 1. The van der Waals surface area contributed by atoms with Crippen LogP contribution in [-0.4, -0.2) is 11.7 Å². The lowest BCUT2D eigenvalue weighted by molar-refractivity contribution is -0.137. The van der Waals surface area contributed by atoms with Gasteiger partial charge in [-0.3, -0.25) is 0 Å². The van der Waals surface area contributed by atoms with E-state index >= 15 is 0 Å². The number of anilines is 1. The molecule has 3 nitrogen and oxygen atoms in total. The van der Waals surface area contributed by atoms with E-state index in [1.807, 2.05) is 0 Å². The number of benzene rings is 1. The van der Waals surface area contributed by atoms with Crippen LogP contribution < -0.4 is 5.73 Å². The van der Waals surface area contributed by atoms with Crippen LogP contribution >= 0.6 is 0 Å². The third kappa shape index (κ3) is 3.01. The van der Waals surface area contributed by atoms with Gasteiger partial charge in [0.15, 0.2) is 0 Å². The third-order valence-corrected chi connectivity index (χ3v) is 2.94. The SMILES string of the molecule is Nc1ccc(C(F)(F)F)cc1C(O)C1=CCCCO1. The highest BCUT2D eigenvalue weighted by Gasteiger charge is 2.32. The molecule has 1 heterocycles. The Balaban J connectivity index is 2.35. The zero-order chi connectivity index (χ0) is 14.0. The average molecular weight is 273 g/mol. The van der Waals surface area contributed by atoms with Crippen molar-refractivity contribution in [3.05, 3.63) is 41.2 Å². The van der Waals surface area contributed by atoms with Gasteiger partial charge in [-0.1, -0.05) is 0 Å². The smallest absolute Gasteiger partial charge is 0.416 e. The van der Waals surface area contributed by atoms with Gasteiger partial charge in [0.05, 0.1) is 12.2 Å². The summed E-state index contributed by atoms with van der Waals surface area (Å²) in [6.45, 7) is 0.446. The van der Waals surface area contributed by atoms with Crippen molar-refractivity contribution in [3.8, 4) is 0 Å². The molecule has 0 amide bonds. The Hall–Kier alpha value is -1.69. The number of allylic oxidation sites excluding steroid dienone is 1. The van der Waals surface area contributed by atoms with Crippen LogP contribution in [0.4, 0.5) is 18.9 Å². The topological polar surface area (TPSA) is 55.5 Å². The van der Waals surface area contributed by atoms with E-state index in [-0.39, 0.29) is 17.0 Å². The van der Waals surface area contributed by atoms with E-state index in [1.165, 1.54) is 0 Å². The molecule has 1 aliphatic heterocycles. The van der Waals surface area contributed by atoms with E-state index < -0.39 is 17.8 Å². The first-order chi connectivity index (χ1) is 8.89. The fraction of sp³-hybridized carbons (Fsp3) is 0.385. The van der Waals surface area contributed by atoms with E-state index in [0.717, 1.165) is 31.0 Å². The minimum atomic E-state index is -4.47. The van der Waals surface area contributed by atoms with Crippen LogP contribution in [-0.2, 0) is 10.9 Å². The van der Waals surface area contributed by atoms with Crippen LogP contribution in [0.25, 0.3) is 0 Å². The maximum Gasteiger partial charge on any atom is 0.416 e. The number of nitrogens with two attached hydrogens (primary N) is 1. The van der Waals surface area contributed by atoms with Crippen molar-refractivity contribution in [2.45, 2.75) is 25.1 Å². The molecule has 1 aromatic rings. The number of halogens is 3. The molecule has 1 unspecified atom stereocenters. The standard InChI is InChI=1S/C13H14F3NO2/c14-13(15,16)8-4-5-10(17)9(7-8)12(18)11-3-1-2-6-19-11/h3-5,7,12,18H,1-2,6,17H2. The van der Waals surface area contributed by atoms with Gasteiger partial charge in [0.25, 0.3) is 0 Å². The van der Waals surface area contributed by atoms with Crippen molar-refractivity contribution >= 4 is 5.69 Å². The van der Waals surface area contributed by atoms with E-state index in [4.69, 9.17) is 10.5 Å². The van der Waals surface area contributed by atoms with Crippen molar-refractivity contribution in [2.24, 2.45) is 0 Å². The van der Waals surface area contributed by atoms with Crippen LogP contribution in [0.2, 0.25) is 0 Å². The van der Waals surface area contributed by atoms with Gasteiger partial charge in [0, 0.05) is 11.3 Å². The van der Waals surface area contributed by atoms with Crippen LogP contribution in [0.3, 0.4) is 0 Å². The highest BCUT2D eigenvalue weighted by atomic mass is 19.4. The predicted molar refractivity (Wildman–Crippen MR) is 64.1 cm³/mol. The minimum Gasteiger partial charge on any atom is -0.495 e. The summed E-state index contributed by atoms with van der Waals surface area (Å²) in [4.78, 5) is 0. The molecule has 3 N–H and O–H groups in total. The molecule has 0 spiro atoms. The largest absolute Gasteiger partial charge is 0.495 e. The zero-order valence-electron chi connectivity index (χ0n) is 10.1. The molecular weight excluding hydrogens is 259 g/mol. The molecule has 104 valence electrons. The summed E-state index contributed by atoms with van der Waals surface area (Å²) in [6.07, 6.45) is -2.50.